The third kappa shape index (κ3) is 4.25. The number of likely N-dealkylation sites (tertiary alicyclic amines) is 1. The van der Waals surface area contributed by atoms with Crippen LogP contribution in [0.5, 0.6) is 0 Å². The predicted molar refractivity (Wildman–Crippen MR) is 93.1 cm³/mol. The Morgan fingerprint density at radius 3 is 2.65 bits per heavy atom. The second kappa shape index (κ2) is 6.91. The molecule has 0 radical (unpaired) electrons. The fraction of sp³-hybridized carbons (Fsp3) is 0.588. The van der Waals surface area contributed by atoms with Crippen molar-refractivity contribution in [3.8, 4) is 0 Å². The van der Waals surface area contributed by atoms with E-state index in [0.717, 1.165) is 30.2 Å². The minimum atomic E-state index is -3.52. The summed E-state index contributed by atoms with van der Waals surface area (Å²) in [6, 6.07) is 5.52. The van der Waals surface area contributed by atoms with Gasteiger partial charge in [0.05, 0.1) is 11.9 Å². The number of nitrogens with zero attached hydrogens (tertiary/aromatic N) is 2. The van der Waals surface area contributed by atoms with Gasteiger partial charge in [-0.2, -0.15) is 0 Å². The number of rotatable bonds is 4. The highest BCUT2D eigenvalue weighted by atomic mass is 32.2. The topological polar surface area (TPSA) is 57.7 Å². The molecule has 1 aromatic carbocycles. The lowest BCUT2D eigenvalue weighted by molar-refractivity contribution is -0.131. The van der Waals surface area contributed by atoms with Crippen molar-refractivity contribution in [2.75, 3.05) is 30.2 Å². The first-order valence-electron chi connectivity index (χ1n) is 8.02. The Morgan fingerprint density at radius 1 is 1.35 bits per heavy atom. The molecule has 1 aliphatic rings. The van der Waals surface area contributed by atoms with Gasteiger partial charge in [0.25, 0.3) is 0 Å². The zero-order chi connectivity index (χ0) is 17.2. The van der Waals surface area contributed by atoms with E-state index in [1.54, 1.807) is 11.0 Å². The van der Waals surface area contributed by atoms with Crippen LogP contribution in [0.3, 0.4) is 0 Å². The summed E-state index contributed by atoms with van der Waals surface area (Å²) in [6.45, 7) is 7.24. The lowest BCUT2D eigenvalue weighted by atomic mass is 10.0. The number of piperidine rings is 1. The summed E-state index contributed by atoms with van der Waals surface area (Å²) in [6.07, 6.45) is 3.26. The van der Waals surface area contributed by atoms with Crippen LogP contribution >= 0.6 is 0 Å². The molecule has 1 unspecified atom stereocenters. The third-order valence-corrected chi connectivity index (χ3v) is 5.66. The number of carbonyl (C=O) groups excluding carboxylic acids is 1. The van der Waals surface area contributed by atoms with E-state index in [-0.39, 0.29) is 12.5 Å². The van der Waals surface area contributed by atoms with Gasteiger partial charge in [0.15, 0.2) is 0 Å². The van der Waals surface area contributed by atoms with E-state index < -0.39 is 10.0 Å². The first kappa shape index (κ1) is 17.8. The molecule has 0 saturated carbocycles. The van der Waals surface area contributed by atoms with Crippen LogP contribution in [0.25, 0.3) is 0 Å². The van der Waals surface area contributed by atoms with Crippen LogP contribution < -0.4 is 4.31 Å². The van der Waals surface area contributed by atoms with E-state index in [1.807, 2.05) is 26.0 Å². The Hall–Kier alpha value is -1.56. The molecule has 1 aromatic rings. The van der Waals surface area contributed by atoms with Gasteiger partial charge >= 0.3 is 0 Å². The van der Waals surface area contributed by atoms with Gasteiger partial charge in [-0.1, -0.05) is 19.1 Å². The van der Waals surface area contributed by atoms with Crippen molar-refractivity contribution in [1.29, 1.82) is 0 Å². The van der Waals surface area contributed by atoms with Crippen molar-refractivity contribution in [2.24, 2.45) is 5.92 Å². The van der Waals surface area contributed by atoms with Gasteiger partial charge in [0, 0.05) is 13.1 Å². The average molecular weight is 338 g/mol. The number of hydrogen-bond donors (Lipinski definition) is 0. The van der Waals surface area contributed by atoms with E-state index in [1.165, 1.54) is 4.31 Å². The van der Waals surface area contributed by atoms with Gasteiger partial charge in [-0.05, 0) is 49.8 Å². The fourth-order valence-electron chi connectivity index (χ4n) is 3.03. The largest absolute Gasteiger partial charge is 0.341 e. The van der Waals surface area contributed by atoms with E-state index in [2.05, 4.69) is 6.92 Å². The lowest BCUT2D eigenvalue weighted by Gasteiger charge is -2.33. The highest BCUT2D eigenvalue weighted by molar-refractivity contribution is 7.92. The van der Waals surface area contributed by atoms with Crippen molar-refractivity contribution in [3.63, 3.8) is 0 Å². The van der Waals surface area contributed by atoms with Crippen molar-refractivity contribution in [2.45, 2.75) is 33.6 Å². The summed E-state index contributed by atoms with van der Waals surface area (Å²) >= 11 is 0. The van der Waals surface area contributed by atoms with Crippen molar-refractivity contribution in [1.82, 2.24) is 4.90 Å². The van der Waals surface area contributed by atoms with E-state index in [4.69, 9.17) is 0 Å². The number of amides is 1. The SMILES string of the molecule is Cc1cccc(N(CC(=O)N2CCCC(C)C2)S(C)(=O)=O)c1C. The van der Waals surface area contributed by atoms with Crippen LogP contribution in [0.2, 0.25) is 0 Å². The molecule has 0 bridgehead atoms. The first-order valence-corrected chi connectivity index (χ1v) is 9.86. The molecule has 1 heterocycles. The smallest absolute Gasteiger partial charge is 0.243 e. The van der Waals surface area contributed by atoms with Crippen LogP contribution in [-0.2, 0) is 14.8 Å². The van der Waals surface area contributed by atoms with Crippen molar-refractivity contribution < 1.29 is 13.2 Å². The number of benzene rings is 1. The van der Waals surface area contributed by atoms with Crippen LogP contribution in [-0.4, -0.2) is 45.1 Å². The molecular formula is C17H26N2O3S. The maximum absolute atomic E-state index is 12.6. The van der Waals surface area contributed by atoms with Crippen molar-refractivity contribution >= 4 is 21.6 Å². The Labute approximate surface area is 139 Å². The summed E-state index contributed by atoms with van der Waals surface area (Å²) in [7, 11) is -3.52. The lowest BCUT2D eigenvalue weighted by Crippen LogP contribution is -2.46. The number of carbonyl (C=O) groups is 1. The third-order valence-electron chi connectivity index (χ3n) is 4.53. The maximum Gasteiger partial charge on any atom is 0.243 e. The summed E-state index contributed by atoms with van der Waals surface area (Å²) in [5.41, 5.74) is 2.49. The highest BCUT2D eigenvalue weighted by Crippen LogP contribution is 2.25. The van der Waals surface area contributed by atoms with Crippen molar-refractivity contribution in [3.05, 3.63) is 29.3 Å². The Kier molecular flexibility index (Phi) is 5.34. The number of sulfonamides is 1. The number of aryl methyl sites for hydroxylation is 1. The minimum Gasteiger partial charge on any atom is -0.341 e. The summed E-state index contributed by atoms with van der Waals surface area (Å²) in [5, 5.41) is 0. The molecule has 1 amide bonds. The summed E-state index contributed by atoms with van der Waals surface area (Å²) in [4.78, 5) is 14.4. The van der Waals surface area contributed by atoms with E-state index in [9.17, 15) is 13.2 Å². The fourth-order valence-corrected chi connectivity index (χ4v) is 3.93. The normalized spacial score (nSPS) is 18.8. The molecule has 1 aliphatic heterocycles. The van der Waals surface area contributed by atoms with E-state index in [0.29, 0.717) is 24.7 Å². The molecule has 1 fully saturated rings. The molecule has 1 atom stereocenters. The Bertz CT molecular complexity index is 685. The Morgan fingerprint density at radius 2 is 2.04 bits per heavy atom. The minimum absolute atomic E-state index is 0.122. The predicted octanol–water partition coefficient (Wildman–Crippen LogP) is 2.33. The molecule has 0 N–H and O–H groups in total. The maximum atomic E-state index is 12.6. The van der Waals surface area contributed by atoms with Gasteiger partial charge in [0.2, 0.25) is 15.9 Å². The quantitative estimate of drug-likeness (QED) is 0.846. The first-order chi connectivity index (χ1) is 10.7. The summed E-state index contributed by atoms with van der Waals surface area (Å²) in [5.74, 6) is 0.350. The average Bonchev–Trinajstić information content (AvgIpc) is 2.46. The van der Waals surface area contributed by atoms with Crippen LogP contribution in [0.15, 0.2) is 18.2 Å². The zero-order valence-electron chi connectivity index (χ0n) is 14.4. The molecule has 23 heavy (non-hydrogen) atoms. The van der Waals surface area contributed by atoms with Gasteiger partial charge in [-0.3, -0.25) is 9.10 Å². The van der Waals surface area contributed by atoms with E-state index >= 15 is 0 Å². The second-order valence-electron chi connectivity index (χ2n) is 6.58. The molecule has 128 valence electrons. The molecule has 2 rings (SSSR count). The molecule has 5 nitrogen and oxygen atoms in total. The van der Waals surface area contributed by atoms with Crippen LogP contribution in [0, 0.1) is 19.8 Å². The zero-order valence-corrected chi connectivity index (χ0v) is 15.2. The van der Waals surface area contributed by atoms with Crippen LogP contribution in [0.4, 0.5) is 5.69 Å². The van der Waals surface area contributed by atoms with Gasteiger partial charge in [-0.25, -0.2) is 8.42 Å². The summed E-state index contributed by atoms with van der Waals surface area (Å²) < 4.78 is 25.7. The second-order valence-corrected chi connectivity index (χ2v) is 8.48. The van der Waals surface area contributed by atoms with Gasteiger partial charge < -0.3 is 4.90 Å². The molecule has 0 spiro atoms. The number of anilines is 1. The van der Waals surface area contributed by atoms with Crippen LogP contribution in [0.1, 0.15) is 30.9 Å². The highest BCUT2D eigenvalue weighted by Gasteiger charge is 2.27. The molecule has 0 aromatic heterocycles. The Balaban J connectivity index is 2.27. The molecule has 0 aliphatic carbocycles. The number of hydrogen-bond acceptors (Lipinski definition) is 3. The van der Waals surface area contributed by atoms with Gasteiger partial charge in [-0.15, -0.1) is 0 Å². The monoisotopic (exact) mass is 338 g/mol. The molecule has 6 heteroatoms. The van der Waals surface area contributed by atoms with Gasteiger partial charge in [0.1, 0.15) is 6.54 Å². The standard InChI is InChI=1S/C17H26N2O3S/c1-13-7-6-10-18(11-13)17(20)12-19(23(4,21)22)16-9-5-8-14(2)15(16)3/h5,8-9,13H,6-7,10-12H2,1-4H3. The molecular weight excluding hydrogens is 312 g/mol. The molecule has 1 saturated heterocycles.